The van der Waals surface area contributed by atoms with Crippen LogP contribution in [0.3, 0.4) is 0 Å². The molecule has 1 aromatic carbocycles. The summed E-state index contributed by atoms with van der Waals surface area (Å²) in [6, 6.07) is 5.84. The number of sulfonamides is 2. The van der Waals surface area contributed by atoms with E-state index in [2.05, 4.69) is 4.98 Å². The zero-order valence-corrected chi connectivity index (χ0v) is 18.8. The second-order valence-electron chi connectivity index (χ2n) is 6.45. The number of fused-ring (bicyclic) bond motifs is 1. The molecule has 0 radical (unpaired) electrons. The summed E-state index contributed by atoms with van der Waals surface area (Å²) in [6.07, 6.45) is 0. The largest absolute Gasteiger partial charge is 0.453 e. The minimum Gasteiger partial charge on any atom is -0.453 e. The van der Waals surface area contributed by atoms with E-state index in [0.717, 1.165) is 15.6 Å². The van der Waals surface area contributed by atoms with Crippen molar-refractivity contribution in [2.45, 2.75) is 29.9 Å². The Hall–Kier alpha value is -2.32. The highest BCUT2D eigenvalue weighted by atomic mass is 32.2. The molecule has 0 aliphatic carbocycles. The molecule has 0 saturated carbocycles. The molecule has 13 heteroatoms. The molecule has 0 amide bonds. The number of nitrogens with two attached hydrogens (primary N) is 1. The molecule has 10 nitrogen and oxygen atoms in total. The van der Waals surface area contributed by atoms with Crippen molar-refractivity contribution in [1.82, 2.24) is 13.9 Å². The van der Waals surface area contributed by atoms with Gasteiger partial charge in [-0.1, -0.05) is 0 Å². The van der Waals surface area contributed by atoms with Crippen molar-refractivity contribution in [1.29, 1.82) is 0 Å². The lowest BCUT2D eigenvalue weighted by molar-refractivity contribution is 0.0460. The summed E-state index contributed by atoms with van der Waals surface area (Å²) in [7, 11) is -4.79. The van der Waals surface area contributed by atoms with Crippen LogP contribution in [0.4, 0.5) is 0 Å². The number of thiophene rings is 1. The van der Waals surface area contributed by atoms with Crippen molar-refractivity contribution in [3.05, 3.63) is 40.3 Å². The average Bonchev–Trinajstić information content (AvgIpc) is 3.29. The van der Waals surface area contributed by atoms with Gasteiger partial charge in [0, 0.05) is 20.6 Å². The Morgan fingerprint density at radius 3 is 2.53 bits per heavy atom. The van der Waals surface area contributed by atoms with Gasteiger partial charge in [-0.15, -0.1) is 11.3 Å². The standard InChI is InChI=1S/C17H20N4O6S3/c1-4-21-13-6-5-11(30(25,26)20(2)3)9-12(13)19-15(21)10-27-17(22)16-14(7-8-28-16)29(18,23)24/h5-9H,4,10H2,1-3H3,(H2,18,23,24). The monoisotopic (exact) mass is 472 g/mol. The molecule has 3 aromatic rings. The molecule has 2 aromatic heterocycles. The highest BCUT2D eigenvalue weighted by molar-refractivity contribution is 7.89. The van der Waals surface area contributed by atoms with E-state index in [0.29, 0.717) is 23.4 Å². The molecule has 30 heavy (non-hydrogen) atoms. The van der Waals surface area contributed by atoms with Gasteiger partial charge in [-0.2, -0.15) is 0 Å². The Morgan fingerprint density at radius 2 is 1.93 bits per heavy atom. The number of hydrogen-bond donors (Lipinski definition) is 1. The van der Waals surface area contributed by atoms with Crippen LogP contribution in [0.5, 0.6) is 0 Å². The Bertz CT molecular complexity index is 1320. The molecule has 0 saturated heterocycles. The number of primary sulfonamides is 1. The summed E-state index contributed by atoms with van der Waals surface area (Å²) < 4.78 is 56.0. The lowest BCUT2D eigenvalue weighted by atomic mass is 10.3. The molecule has 0 atom stereocenters. The van der Waals surface area contributed by atoms with Crippen LogP contribution in [-0.2, 0) is 37.9 Å². The van der Waals surface area contributed by atoms with Crippen LogP contribution < -0.4 is 5.14 Å². The fourth-order valence-corrected chi connectivity index (χ4v) is 5.64. The average molecular weight is 473 g/mol. The first-order chi connectivity index (χ1) is 14.0. The van der Waals surface area contributed by atoms with E-state index in [-0.39, 0.29) is 21.3 Å². The Morgan fingerprint density at radius 1 is 1.23 bits per heavy atom. The first kappa shape index (κ1) is 22.4. The first-order valence-corrected chi connectivity index (χ1v) is 12.5. The molecule has 0 fully saturated rings. The van der Waals surface area contributed by atoms with E-state index >= 15 is 0 Å². The third-order valence-corrected chi connectivity index (χ3v) is 8.13. The number of rotatable bonds is 7. The van der Waals surface area contributed by atoms with Crippen molar-refractivity contribution in [3.8, 4) is 0 Å². The van der Waals surface area contributed by atoms with E-state index < -0.39 is 26.0 Å². The van der Waals surface area contributed by atoms with Gasteiger partial charge < -0.3 is 9.30 Å². The SMILES string of the molecule is CCn1c(COC(=O)c2sccc2S(N)(=O)=O)nc2cc(S(=O)(=O)N(C)C)ccc21. The second-order valence-corrected chi connectivity index (χ2v) is 11.0. The molecular weight excluding hydrogens is 452 g/mol. The maximum atomic E-state index is 12.4. The molecule has 2 N–H and O–H groups in total. The summed E-state index contributed by atoms with van der Waals surface area (Å²) in [5.74, 6) is -0.437. The first-order valence-electron chi connectivity index (χ1n) is 8.66. The van der Waals surface area contributed by atoms with Crippen LogP contribution in [0.15, 0.2) is 39.4 Å². The van der Waals surface area contributed by atoms with Gasteiger partial charge in [-0.3, -0.25) is 0 Å². The molecule has 162 valence electrons. The van der Waals surface area contributed by atoms with Gasteiger partial charge in [0.15, 0.2) is 0 Å². The highest BCUT2D eigenvalue weighted by Gasteiger charge is 2.23. The van der Waals surface area contributed by atoms with Gasteiger partial charge in [0.25, 0.3) is 0 Å². The lowest BCUT2D eigenvalue weighted by Crippen LogP contribution is -2.22. The van der Waals surface area contributed by atoms with E-state index in [9.17, 15) is 21.6 Å². The van der Waals surface area contributed by atoms with Crippen LogP contribution in [0, 0.1) is 0 Å². The van der Waals surface area contributed by atoms with Crippen molar-refractivity contribution in [2.75, 3.05) is 14.1 Å². The molecule has 0 bridgehead atoms. The topological polar surface area (TPSA) is 142 Å². The number of carbonyl (C=O) groups excluding carboxylic acids is 1. The maximum Gasteiger partial charge on any atom is 0.350 e. The van der Waals surface area contributed by atoms with Gasteiger partial charge >= 0.3 is 5.97 Å². The Kier molecular flexibility index (Phi) is 6.02. The van der Waals surface area contributed by atoms with Crippen LogP contribution in [0.2, 0.25) is 0 Å². The molecular formula is C17H20N4O6S3. The zero-order chi connectivity index (χ0) is 22.3. The van der Waals surface area contributed by atoms with E-state index in [1.165, 1.54) is 37.7 Å². The van der Waals surface area contributed by atoms with Crippen molar-refractivity contribution < 1.29 is 26.4 Å². The number of ether oxygens (including phenoxy) is 1. The summed E-state index contributed by atoms with van der Waals surface area (Å²) in [4.78, 5) is 16.5. The third-order valence-electron chi connectivity index (χ3n) is 4.35. The number of aryl methyl sites for hydroxylation is 1. The minimum atomic E-state index is -4.05. The lowest BCUT2D eigenvalue weighted by Gasteiger charge is -2.11. The molecule has 0 unspecified atom stereocenters. The summed E-state index contributed by atoms with van der Waals surface area (Å²) >= 11 is 0.910. The Balaban J connectivity index is 1.91. The maximum absolute atomic E-state index is 12.4. The molecule has 0 aliphatic heterocycles. The van der Waals surface area contributed by atoms with Crippen LogP contribution in [-0.4, -0.2) is 50.8 Å². The van der Waals surface area contributed by atoms with Gasteiger partial charge in [0.2, 0.25) is 20.0 Å². The normalized spacial score (nSPS) is 12.6. The van der Waals surface area contributed by atoms with Crippen LogP contribution in [0.1, 0.15) is 22.4 Å². The summed E-state index contributed by atoms with van der Waals surface area (Å²) in [5.41, 5.74) is 1.12. The summed E-state index contributed by atoms with van der Waals surface area (Å²) in [5, 5.41) is 6.55. The van der Waals surface area contributed by atoms with Crippen LogP contribution in [0.25, 0.3) is 11.0 Å². The zero-order valence-electron chi connectivity index (χ0n) is 16.4. The van der Waals surface area contributed by atoms with Crippen molar-refractivity contribution in [3.63, 3.8) is 0 Å². The highest BCUT2D eigenvalue weighted by Crippen LogP contribution is 2.24. The molecule has 0 aliphatic rings. The number of benzene rings is 1. The predicted molar refractivity (Wildman–Crippen MR) is 111 cm³/mol. The fraction of sp³-hybridized carbons (Fsp3) is 0.294. The van der Waals surface area contributed by atoms with Gasteiger partial charge in [-0.05, 0) is 36.6 Å². The number of nitrogens with zero attached hydrogens (tertiary/aromatic N) is 3. The number of hydrogen-bond acceptors (Lipinski definition) is 8. The number of esters is 1. The van der Waals surface area contributed by atoms with Crippen molar-refractivity contribution in [2.24, 2.45) is 5.14 Å². The molecule has 0 spiro atoms. The van der Waals surface area contributed by atoms with Gasteiger partial charge in [0.05, 0.1) is 15.9 Å². The van der Waals surface area contributed by atoms with Gasteiger partial charge in [-0.25, -0.2) is 36.1 Å². The van der Waals surface area contributed by atoms with E-state index in [1.54, 1.807) is 10.6 Å². The number of aromatic nitrogens is 2. The smallest absolute Gasteiger partial charge is 0.350 e. The van der Waals surface area contributed by atoms with Crippen molar-refractivity contribution >= 4 is 48.4 Å². The second kappa shape index (κ2) is 8.07. The fourth-order valence-electron chi connectivity index (χ4n) is 2.86. The quantitative estimate of drug-likeness (QED) is 0.512. The molecule has 2 heterocycles. The summed E-state index contributed by atoms with van der Waals surface area (Å²) in [6.45, 7) is 2.15. The van der Waals surface area contributed by atoms with Crippen LogP contribution >= 0.6 is 11.3 Å². The van der Waals surface area contributed by atoms with Gasteiger partial charge in [0.1, 0.15) is 22.2 Å². The minimum absolute atomic E-state index is 0.0978. The number of carbonyl (C=O) groups is 1. The Labute approximate surface area is 178 Å². The number of imidazole rings is 1. The van der Waals surface area contributed by atoms with E-state index in [4.69, 9.17) is 9.88 Å². The third kappa shape index (κ3) is 4.11. The molecule has 3 rings (SSSR count). The predicted octanol–water partition coefficient (Wildman–Crippen LogP) is 1.37. The van der Waals surface area contributed by atoms with E-state index in [1.807, 2.05) is 6.92 Å².